The van der Waals surface area contributed by atoms with Gasteiger partial charge in [-0.25, -0.2) is 0 Å². The van der Waals surface area contributed by atoms with Crippen LogP contribution in [0.4, 0.5) is 0 Å². The fourth-order valence-corrected chi connectivity index (χ4v) is 5.38. The van der Waals surface area contributed by atoms with Crippen LogP contribution < -0.4 is 0 Å². The molecule has 3 atom stereocenters. The molecule has 0 aromatic carbocycles. The van der Waals surface area contributed by atoms with Crippen LogP contribution in [-0.4, -0.2) is 38.1 Å². The number of hydrogen-bond acceptors (Lipinski definition) is 3. The van der Waals surface area contributed by atoms with E-state index in [1.807, 2.05) is 6.92 Å². The number of unbranched alkanes of at least 4 members (excludes halogenated alkanes) is 10. The summed E-state index contributed by atoms with van der Waals surface area (Å²) in [7, 11) is 4.43. The van der Waals surface area contributed by atoms with Crippen molar-refractivity contribution in [2.75, 3.05) is 27.2 Å². The lowest BCUT2D eigenvalue weighted by molar-refractivity contribution is -0.143. The van der Waals surface area contributed by atoms with Gasteiger partial charge in [0.2, 0.25) is 0 Å². The van der Waals surface area contributed by atoms with Crippen LogP contribution in [0, 0.1) is 17.8 Å². The zero-order valence-electron chi connectivity index (χ0n) is 23.1. The SMILES string of the molecule is CCCCCCC(CCCCCCCCC1CC1CCCCCC(=O)OCC)CCN(C)C. The molecule has 3 nitrogen and oxygen atoms in total. The molecule has 196 valence electrons. The van der Waals surface area contributed by atoms with Gasteiger partial charge in [0, 0.05) is 6.42 Å². The van der Waals surface area contributed by atoms with E-state index < -0.39 is 0 Å². The number of esters is 1. The molecule has 0 amide bonds. The minimum absolute atomic E-state index is 0.0200. The lowest BCUT2D eigenvalue weighted by atomic mass is 9.91. The van der Waals surface area contributed by atoms with Gasteiger partial charge in [0.05, 0.1) is 6.61 Å². The molecule has 0 radical (unpaired) electrons. The van der Waals surface area contributed by atoms with Crippen molar-refractivity contribution in [2.45, 2.75) is 142 Å². The molecule has 3 heteroatoms. The predicted octanol–water partition coefficient (Wildman–Crippen LogP) is 8.80. The molecule has 1 rings (SSSR count). The number of ether oxygens (including phenoxy) is 1. The van der Waals surface area contributed by atoms with E-state index in [9.17, 15) is 4.79 Å². The molecule has 0 saturated heterocycles. The van der Waals surface area contributed by atoms with E-state index in [2.05, 4.69) is 25.9 Å². The molecule has 3 unspecified atom stereocenters. The molecule has 1 saturated carbocycles. The van der Waals surface area contributed by atoms with Crippen LogP contribution in [0.2, 0.25) is 0 Å². The average Bonchev–Trinajstić information content (AvgIpc) is 3.54. The van der Waals surface area contributed by atoms with Gasteiger partial charge >= 0.3 is 5.97 Å². The maximum Gasteiger partial charge on any atom is 0.305 e. The highest BCUT2D eigenvalue weighted by Gasteiger charge is 2.35. The van der Waals surface area contributed by atoms with E-state index in [0.717, 1.165) is 24.2 Å². The monoisotopic (exact) mass is 465 g/mol. The first-order valence-electron chi connectivity index (χ1n) is 14.9. The van der Waals surface area contributed by atoms with Crippen LogP contribution in [-0.2, 0) is 9.53 Å². The molecule has 0 aliphatic heterocycles. The second-order valence-corrected chi connectivity index (χ2v) is 11.2. The second-order valence-electron chi connectivity index (χ2n) is 11.2. The summed E-state index contributed by atoms with van der Waals surface area (Å²) >= 11 is 0. The first kappa shape index (κ1) is 30.5. The van der Waals surface area contributed by atoms with Crippen LogP contribution in [0.3, 0.4) is 0 Å². The van der Waals surface area contributed by atoms with Gasteiger partial charge in [0.15, 0.2) is 0 Å². The Morgan fingerprint density at radius 3 is 1.88 bits per heavy atom. The summed E-state index contributed by atoms with van der Waals surface area (Å²) in [5, 5.41) is 0. The predicted molar refractivity (Wildman–Crippen MR) is 144 cm³/mol. The fourth-order valence-electron chi connectivity index (χ4n) is 5.38. The Bertz CT molecular complexity index is 451. The van der Waals surface area contributed by atoms with Crippen molar-refractivity contribution in [1.29, 1.82) is 0 Å². The summed E-state index contributed by atoms with van der Waals surface area (Å²) in [4.78, 5) is 13.7. The third kappa shape index (κ3) is 18.4. The highest BCUT2D eigenvalue weighted by molar-refractivity contribution is 5.69. The molecule has 0 heterocycles. The number of rotatable bonds is 24. The van der Waals surface area contributed by atoms with Crippen LogP contribution in [0.25, 0.3) is 0 Å². The first-order chi connectivity index (χ1) is 16.1. The maximum atomic E-state index is 11.3. The quantitative estimate of drug-likeness (QED) is 0.105. The lowest BCUT2D eigenvalue weighted by Crippen LogP contribution is -2.17. The van der Waals surface area contributed by atoms with Gasteiger partial charge in [-0.3, -0.25) is 4.79 Å². The number of carbonyl (C=O) groups is 1. The van der Waals surface area contributed by atoms with Crippen molar-refractivity contribution in [3.05, 3.63) is 0 Å². The van der Waals surface area contributed by atoms with E-state index in [0.29, 0.717) is 13.0 Å². The summed E-state index contributed by atoms with van der Waals surface area (Å²) < 4.78 is 4.99. The molecule has 1 aliphatic rings. The summed E-state index contributed by atoms with van der Waals surface area (Å²) in [6, 6.07) is 0. The third-order valence-corrected chi connectivity index (χ3v) is 7.72. The van der Waals surface area contributed by atoms with E-state index in [1.165, 1.54) is 122 Å². The van der Waals surface area contributed by atoms with Crippen LogP contribution in [0.5, 0.6) is 0 Å². The van der Waals surface area contributed by atoms with Crippen molar-refractivity contribution >= 4 is 5.97 Å². The van der Waals surface area contributed by atoms with Gasteiger partial charge in [-0.15, -0.1) is 0 Å². The van der Waals surface area contributed by atoms with Crippen molar-refractivity contribution in [3.8, 4) is 0 Å². The van der Waals surface area contributed by atoms with Crippen LogP contribution in [0.15, 0.2) is 0 Å². The van der Waals surface area contributed by atoms with Crippen molar-refractivity contribution < 1.29 is 9.53 Å². The van der Waals surface area contributed by atoms with Crippen molar-refractivity contribution in [1.82, 2.24) is 4.90 Å². The highest BCUT2D eigenvalue weighted by atomic mass is 16.5. The lowest BCUT2D eigenvalue weighted by Gasteiger charge is -2.19. The zero-order chi connectivity index (χ0) is 24.2. The van der Waals surface area contributed by atoms with E-state index >= 15 is 0 Å². The average molecular weight is 466 g/mol. The molecule has 1 aliphatic carbocycles. The number of hydrogen-bond donors (Lipinski definition) is 0. The minimum Gasteiger partial charge on any atom is -0.466 e. The largest absolute Gasteiger partial charge is 0.466 e. The summed E-state index contributed by atoms with van der Waals surface area (Å²) in [6.45, 7) is 5.96. The Hall–Kier alpha value is -0.570. The van der Waals surface area contributed by atoms with E-state index in [4.69, 9.17) is 4.74 Å². The summed E-state index contributed by atoms with van der Waals surface area (Å²) in [5.74, 6) is 2.97. The van der Waals surface area contributed by atoms with E-state index in [-0.39, 0.29) is 5.97 Å². The standard InChI is InChI=1S/C30H59NO2/c1-5-7-8-14-19-27(24-25-31(3)4)20-15-11-9-10-12-16-21-28-26-29(28)22-17-13-18-23-30(32)33-6-2/h27-29H,5-26H2,1-4H3. The fraction of sp³-hybridized carbons (Fsp3) is 0.967. The normalized spacial score (nSPS) is 18.6. The molecule has 0 bridgehead atoms. The van der Waals surface area contributed by atoms with Gasteiger partial charge in [-0.2, -0.15) is 0 Å². The minimum atomic E-state index is -0.0200. The Morgan fingerprint density at radius 1 is 0.758 bits per heavy atom. The molecule has 33 heavy (non-hydrogen) atoms. The van der Waals surface area contributed by atoms with Gasteiger partial charge in [0.1, 0.15) is 0 Å². The molecular weight excluding hydrogens is 406 g/mol. The van der Waals surface area contributed by atoms with Crippen LogP contribution >= 0.6 is 0 Å². The van der Waals surface area contributed by atoms with Crippen LogP contribution in [0.1, 0.15) is 142 Å². The van der Waals surface area contributed by atoms with Gasteiger partial charge in [-0.05, 0) is 64.6 Å². The first-order valence-corrected chi connectivity index (χ1v) is 14.9. The Morgan fingerprint density at radius 2 is 1.30 bits per heavy atom. The molecule has 0 N–H and O–H groups in total. The number of nitrogens with zero attached hydrogens (tertiary/aromatic N) is 1. The number of carbonyl (C=O) groups excluding carboxylic acids is 1. The smallest absolute Gasteiger partial charge is 0.305 e. The highest BCUT2D eigenvalue weighted by Crippen LogP contribution is 2.45. The van der Waals surface area contributed by atoms with Gasteiger partial charge < -0.3 is 9.64 Å². The Balaban J connectivity index is 1.91. The Kier molecular flexibility index (Phi) is 19.2. The molecule has 0 aromatic heterocycles. The summed E-state index contributed by atoms with van der Waals surface area (Å²) in [6.07, 6.45) is 27.1. The maximum absolute atomic E-state index is 11.3. The van der Waals surface area contributed by atoms with Crippen molar-refractivity contribution in [3.63, 3.8) is 0 Å². The molecule has 1 fully saturated rings. The van der Waals surface area contributed by atoms with Gasteiger partial charge in [0.25, 0.3) is 0 Å². The zero-order valence-corrected chi connectivity index (χ0v) is 23.1. The summed E-state index contributed by atoms with van der Waals surface area (Å²) in [5.41, 5.74) is 0. The third-order valence-electron chi connectivity index (χ3n) is 7.72. The molecule has 0 spiro atoms. The van der Waals surface area contributed by atoms with Crippen molar-refractivity contribution in [2.24, 2.45) is 17.8 Å². The molecule has 0 aromatic rings. The molecular formula is C30H59NO2. The Labute approximate surface area is 207 Å². The topological polar surface area (TPSA) is 29.5 Å². The van der Waals surface area contributed by atoms with E-state index in [1.54, 1.807) is 0 Å². The van der Waals surface area contributed by atoms with Gasteiger partial charge in [-0.1, -0.05) is 110 Å². The second kappa shape index (κ2) is 20.8.